The summed E-state index contributed by atoms with van der Waals surface area (Å²) in [5.41, 5.74) is 0.716. The quantitative estimate of drug-likeness (QED) is 0.725. The van der Waals surface area contributed by atoms with Crippen molar-refractivity contribution in [1.82, 2.24) is 9.29 Å². The van der Waals surface area contributed by atoms with Crippen molar-refractivity contribution in [1.29, 1.82) is 0 Å². The molecule has 1 N–H and O–H groups in total. The van der Waals surface area contributed by atoms with Crippen molar-refractivity contribution in [2.45, 2.75) is 17.7 Å². The second kappa shape index (κ2) is 7.21. The fourth-order valence-electron chi connectivity index (χ4n) is 3.35. The molecule has 1 aliphatic heterocycles. The van der Waals surface area contributed by atoms with Gasteiger partial charge in [0.25, 0.3) is 0 Å². The molecule has 1 fully saturated rings. The van der Waals surface area contributed by atoms with Crippen molar-refractivity contribution >= 4 is 21.1 Å². The molecule has 0 radical (unpaired) electrons. The predicted octanol–water partition coefficient (Wildman–Crippen LogP) is 2.60. The van der Waals surface area contributed by atoms with E-state index in [2.05, 4.69) is 4.98 Å². The van der Waals surface area contributed by atoms with E-state index in [0.717, 1.165) is 18.6 Å². The Morgan fingerprint density at radius 3 is 2.81 bits per heavy atom. The number of benzene rings is 2. The van der Waals surface area contributed by atoms with Gasteiger partial charge in [0.15, 0.2) is 5.58 Å². The van der Waals surface area contributed by atoms with Gasteiger partial charge in [0.1, 0.15) is 5.75 Å². The molecule has 0 bridgehead atoms. The molecule has 1 aliphatic rings. The number of hydrogen-bond donors (Lipinski definition) is 1. The van der Waals surface area contributed by atoms with Crippen LogP contribution in [0.3, 0.4) is 0 Å². The molecule has 1 saturated heterocycles. The molecular weight excluding hydrogens is 368 g/mol. The lowest BCUT2D eigenvalue weighted by molar-refractivity contribution is 0.180. The lowest BCUT2D eigenvalue weighted by Gasteiger charge is -2.31. The van der Waals surface area contributed by atoms with Crippen LogP contribution in [0.1, 0.15) is 12.8 Å². The topological polar surface area (TPSA) is 92.6 Å². The van der Waals surface area contributed by atoms with Gasteiger partial charge >= 0.3 is 5.76 Å². The Labute approximate surface area is 156 Å². The monoisotopic (exact) mass is 388 g/mol. The molecule has 2 heterocycles. The smallest absolute Gasteiger partial charge is 0.417 e. The molecule has 1 unspecified atom stereocenters. The Morgan fingerprint density at radius 2 is 2.00 bits per heavy atom. The molecule has 142 valence electrons. The summed E-state index contributed by atoms with van der Waals surface area (Å²) in [4.78, 5) is 13.9. The van der Waals surface area contributed by atoms with E-state index in [0.29, 0.717) is 25.2 Å². The standard InChI is InChI=1S/C19H20N2O5S/c22-19-20-17-9-8-16(11-18(17)26-19)27(23,24)21-10-4-5-14(12-21)13-25-15-6-2-1-3-7-15/h1-3,6-9,11,14H,4-5,10,12-13H2,(H,20,22). The largest absolute Gasteiger partial charge is 0.493 e. The van der Waals surface area contributed by atoms with Crippen molar-refractivity contribution in [3.8, 4) is 5.75 Å². The molecule has 2 aromatic carbocycles. The number of aromatic nitrogens is 1. The van der Waals surface area contributed by atoms with Crippen LogP contribution >= 0.6 is 0 Å². The van der Waals surface area contributed by atoms with Gasteiger partial charge in [-0.15, -0.1) is 0 Å². The first-order valence-corrected chi connectivity index (χ1v) is 10.3. The maximum Gasteiger partial charge on any atom is 0.417 e. The van der Waals surface area contributed by atoms with Gasteiger partial charge in [-0.3, -0.25) is 4.98 Å². The van der Waals surface area contributed by atoms with Crippen LogP contribution in [0, 0.1) is 5.92 Å². The highest BCUT2D eigenvalue weighted by atomic mass is 32.2. The molecule has 0 saturated carbocycles. The number of nitrogens with zero attached hydrogens (tertiary/aromatic N) is 1. The van der Waals surface area contributed by atoms with E-state index >= 15 is 0 Å². The van der Waals surface area contributed by atoms with E-state index in [-0.39, 0.29) is 16.4 Å². The fraction of sp³-hybridized carbons (Fsp3) is 0.316. The van der Waals surface area contributed by atoms with Gasteiger partial charge in [0.2, 0.25) is 10.0 Å². The average molecular weight is 388 g/mol. The zero-order valence-electron chi connectivity index (χ0n) is 14.6. The van der Waals surface area contributed by atoms with E-state index < -0.39 is 15.8 Å². The second-order valence-corrected chi connectivity index (χ2v) is 8.61. The van der Waals surface area contributed by atoms with E-state index in [1.165, 1.54) is 16.4 Å². The molecule has 1 atom stereocenters. The molecule has 3 aromatic rings. The summed E-state index contributed by atoms with van der Waals surface area (Å²) in [5, 5.41) is 0. The van der Waals surface area contributed by atoms with Gasteiger partial charge in [-0.1, -0.05) is 18.2 Å². The van der Waals surface area contributed by atoms with E-state index in [1.807, 2.05) is 30.3 Å². The fourth-order valence-corrected chi connectivity index (χ4v) is 4.92. The minimum atomic E-state index is -3.66. The maximum absolute atomic E-state index is 13.0. The molecule has 0 spiro atoms. The SMILES string of the molecule is O=c1[nH]c2ccc(S(=O)(=O)N3CCCC(COc4ccccc4)C3)cc2o1. The van der Waals surface area contributed by atoms with Crippen LogP contribution in [0.2, 0.25) is 0 Å². The third-order valence-electron chi connectivity index (χ3n) is 4.74. The van der Waals surface area contributed by atoms with Crippen LogP contribution in [-0.4, -0.2) is 37.4 Å². The van der Waals surface area contributed by atoms with E-state index in [9.17, 15) is 13.2 Å². The van der Waals surface area contributed by atoms with E-state index in [4.69, 9.17) is 9.15 Å². The Kier molecular flexibility index (Phi) is 4.75. The number of hydrogen-bond acceptors (Lipinski definition) is 5. The first-order chi connectivity index (χ1) is 13.0. The number of oxazole rings is 1. The summed E-state index contributed by atoms with van der Waals surface area (Å²) < 4.78 is 38.3. The van der Waals surface area contributed by atoms with Gasteiger partial charge in [-0.25, -0.2) is 13.2 Å². The van der Waals surface area contributed by atoms with Crippen molar-refractivity contribution in [2.24, 2.45) is 5.92 Å². The number of fused-ring (bicyclic) bond motifs is 1. The van der Waals surface area contributed by atoms with Gasteiger partial charge < -0.3 is 9.15 Å². The molecule has 0 amide bonds. The Bertz CT molecular complexity index is 1090. The average Bonchev–Trinajstić information content (AvgIpc) is 3.06. The Morgan fingerprint density at radius 1 is 1.19 bits per heavy atom. The molecule has 8 heteroatoms. The molecule has 4 rings (SSSR count). The van der Waals surface area contributed by atoms with Crippen molar-refractivity contribution in [3.63, 3.8) is 0 Å². The highest BCUT2D eigenvalue weighted by Gasteiger charge is 2.31. The third kappa shape index (κ3) is 3.77. The maximum atomic E-state index is 13.0. The summed E-state index contributed by atoms with van der Waals surface area (Å²) in [5.74, 6) is 0.309. The first kappa shape index (κ1) is 17.8. The highest BCUT2D eigenvalue weighted by Crippen LogP contribution is 2.26. The molecule has 1 aromatic heterocycles. The Hall–Kier alpha value is -2.58. The predicted molar refractivity (Wildman–Crippen MR) is 100 cm³/mol. The van der Waals surface area contributed by atoms with Crippen LogP contribution in [0.5, 0.6) is 5.75 Å². The lowest BCUT2D eigenvalue weighted by atomic mass is 10.0. The molecule has 7 nitrogen and oxygen atoms in total. The van der Waals surface area contributed by atoms with Crippen LogP contribution in [-0.2, 0) is 10.0 Å². The van der Waals surface area contributed by atoms with Gasteiger partial charge in [-0.2, -0.15) is 4.31 Å². The molecule has 27 heavy (non-hydrogen) atoms. The first-order valence-electron chi connectivity index (χ1n) is 8.83. The number of aromatic amines is 1. The minimum Gasteiger partial charge on any atom is -0.493 e. The number of sulfonamides is 1. The number of piperidine rings is 1. The lowest BCUT2D eigenvalue weighted by Crippen LogP contribution is -2.41. The Balaban J connectivity index is 1.49. The molecular formula is C19H20N2O5S. The van der Waals surface area contributed by atoms with Gasteiger partial charge in [0, 0.05) is 25.1 Å². The van der Waals surface area contributed by atoms with Gasteiger partial charge in [0.05, 0.1) is 17.0 Å². The normalized spacial score (nSPS) is 18.6. The second-order valence-electron chi connectivity index (χ2n) is 6.67. The number of H-pyrrole nitrogens is 1. The van der Waals surface area contributed by atoms with Crippen LogP contribution in [0.15, 0.2) is 62.6 Å². The number of nitrogens with one attached hydrogen (secondary N) is 1. The van der Waals surface area contributed by atoms with Gasteiger partial charge in [-0.05, 0) is 37.1 Å². The summed E-state index contributed by atoms with van der Waals surface area (Å²) in [6.07, 6.45) is 1.70. The summed E-state index contributed by atoms with van der Waals surface area (Å²) in [7, 11) is -3.66. The zero-order valence-corrected chi connectivity index (χ0v) is 15.4. The van der Waals surface area contributed by atoms with Crippen LogP contribution in [0.25, 0.3) is 11.1 Å². The van der Waals surface area contributed by atoms with E-state index in [1.54, 1.807) is 6.07 Å². The van der Waals surface area contributed by atoms with Crippen molar-refractivity contribution in [3.05, 3.63) is 59.1 Å². The highest BCUT2D eigenvalue weighted by molar-refractivity contribution is 7.89. The third-order valence-corrected chi connectivity index (χ3v) is 6.60. The number of para-hydroxylation sites is 1. The molecule has 0 aliphatic carbocycles. The zero-order chi connectivity index (χ0) is 18.9. The summed E-state index contributed by atoms with van der Waals surface area (Å²) >= 11 is 0. The number of ether oxygens (including phenoxy) is 1. The van der Waals surface area contributed by atoms with Crippen molar-refractivity contribution in [2.75, 3.05) is 19.7 Å². The van der Waals surface area contributed by atoms with Crippen LogP contribution in [0.4, 0.5) is 0 Å². The summed E-state index contributed by atoms with van der Waals surface area (Å²) in [6.45, 7) is 1.35. The van der Waals surface area contributed by atoms with Crippen LogP contribution < -0.4 is 10.5 Å². The number of rotatable bonds is 5. The van der Waals surface area contributed by atoms with Crippen molar-refractivity contribution < 1.29 is 17.6 Å². The minimum absolute atomic E-state index is 0.127. The summed E-state index contributed by atoms with van der Waals surface area (Å²) in [6, 6.07) is 13.9.